The van der Waals surface area contributed by atoms with Gasteiger partial charge in [0.05, 0.1) is 12.4 Å². The summed E-state index contributed by atoms with van der Waals surface area (Å²) in [6.45, 7) is 7.38. The van der Waals surface area contributed by atoms with Gasteiger partial charge in [0.25, 0.3) is 0 Å². The Morgan fingerprint density at radius 3 is 2.08 bits per heavy atom. The Morgan fingerprint density at radius 2 is 1.54 bits per heavy atom. The molecule has 1 aromatic carbocycles. The maximum Gasteiger partial charge on any atom is 0.326 e. The predicted octanol–water partition coefficient (Wildman–Crippen LogP) is 0.859. The van der Waals surface area contributed by atoms with Crippen molar-refractivity contribution in [1.82, 2.24) is 25.9 Å². The van der Waals surface area contributed by atoms with E-state index in [2.05, 4.69) is 25.9 Å². The highest BCUT2D eigenvalue weighted by molar-refractivity contribution is 5.94. The number of phenols is 1. The number of aromatic amines is 1. The first kappa shape index (κ1) is 31.3. The van der Waals surface area contributed by atoms with Crippen molar-refractivity contribution < 1.29 is 29.4 Å². The van der Waals surface area contributed by atoms with Crippen LogP contribution < -0.4 is 21.7 Å². The summed E-state index contributed by atoms with van der Waals surface area (Å²) in [5, 5.41) is 27.2. The van der Waals surface area contributed by atoms with E-state index in [4.69, 9.17) is 5.73 Å². The van der Waals surface area contributed by atoms with Crippen LogP contribution in [0.2, 0.25) is 0 Å². The molecule has 0 aliphatic rings. The van der Waals surface area contributed by atoms with Gasteiger partial charge in [-0.3, -0.25) is 14.4 Å². The van der Waals surface area contributed by atoms with E-state index in [1.807, 2.05) is 20.8 Å². The van der Waals surface area contributed by atoms with E-state index in [0.29, 0.717) is 24.1 Å². The number of carbonyl (C=O) groups is 4. The van der Waals surface area contributed by atoms with Crippen molar-refractivity contribution >= 4 is 23.7 Å². The second kappa shape index (κ2) is 14.9. The Hall–Kier alpha value is -3.93. The van der Waals surface area contributed by atoms with Crippen molar-refractivity contribution in [3.8, 4) is 5.75 Å². The minimum atomic E-state index is -1.18. The number of hydrogen-bond acceptors (Lipinski definition) is 7. The third kappa shape index (κ3) is 10.0. The SMILES string of the molecule is CCC(C)C(NC(=O)C(Cc1cnc[nH]1)NC(=O)C(Cc1ccc(O)cc1)NC(=O)C(N)CC(C)C)C(=O)O. The van der Waals surface area contributed by atoms with Crippen LogP contribution in [-0.4, -0.2) is 68.0 Å². The van der Waals surface area contributed by atoms with Crippen molar-refractivity contribution in [2.75, 3.05) is 0 Å². The van der Waals surface area contributed by atoms with Crippen molar-refractivity contribution in [2.45, 2.75) is 77.5 Å². The van der Waals surface area contributed by atoms with E-state index in [0.717, 1.165) is 0 Å². The number of phenolic OH excluding ortho intramolecular Hbond substituents is 1. The number of nitrogens with one attached hydrogen (secondary N) is 4. The van der Waals surface area contributed by atoms with Crippen LogP contribution in [0, 0.1) is 11.8 Å². The van der Waals surface area contributed by atoms with Crippen LogP contribution in [0.15, 0.2) is 36.8 Å². The van der Waals surface area contributed by atoms with Gasteiger partial charge in [0.15, 0.2) is 0 Å². The summed E-state index contributed by atoms with van der Waals surface area (Å²) in [4.78, 5) is 58.2. The highest BCUT2D eigenvalue weighted by Gasteiger charge is 2.32. The molecule has 1 aromatic heterocycles. The highest BCUT2D eigenvalue weighted by atomic mass is 16.4. The fourth-order valence-corrected chi connectivity index (χ4v) is 4.01. The molecular formula is C27H40N6O6. The number of aromatic hydroxyl groups is 1. The molecule has 214 valence electrons. The fraction of sp³-hybridized carbons (Fsp3) is 0.519. The Labute approximate surface area is 228 Å². The number of imidazole rings is 1. The van der Waals surface area contributed by atoms with Gasteiger partial charge < -0.3 is 36.9 Å². The van der Waals surface area contributed by atoms with Crippen LogP contribution in [0.5, 0.6) is 5.75 Å². The number of nitrogens with two attached hydrogens (primary N) is 1. The molecule has 8 N–H and O–H groups in total. The molecular weight excluding hydrogens is 504 g/mol. The smallest absolute Gasteiger partial charge is 0.326 e. The number of carbonyl (C=O) groups excluding carboxylic acids is 3. The maximum absolute atomic E-state index is 13.5. The molecule has 1 heterocycles. The summed E-state index contributed by atoms with van der Waals surface area (Å²) < 4.78 is 0. The largest absolute Gasteiger partial charge is 0.508 e. The molecule has 12 heteroatoms. The number of amides is 3. The number of carboxylic acid groups (broad SMARTS) is 1. The van der Waals surface area contributed by atoms with Gasteiger partial charge in [0.2, 0.25) is 17.7 Å². The molecule has 0 bridgehead atoms. The fourth-order valence-electron chi connectivity index (χ4n) is 4.01. The number of carboxylic acids is 1. The second-order valence-electron chi connectivity index (χ2n) is 10.2. The van der Waals surface area contributed by atoms with Crippen molar-refractivity contribution in [3.63, 3.8) is 0 Å². The summed E-state index contributed by atoms with van der Waals surface area (Å²) in [7, 11) is 0. The minimum Gasteiger partial charge on any atom is -0.508 e. The summed E-state index contributed by atoms with van der Waals surface area (Å²) in [5.41, 5.74) is 7.24. The van der Waals surface area contributed by atoms with E-state index < -0.39 is 47.9 Å². The highest BCUT2D eigenvalue weighted by Crippen LogP contribution is 2.13. The van der Waals surface area contributed by atoms with E-state index >= 15 is 0 Å². The lowest BCUT2D eigenvalue weighted by Crippen LogP contribution is -2.58. The molecule has 0 saturated carbocycles. The number of aromatic nitrogens is 2. The van der Waals surface area contributed by atoms with Gasteiger partial charge in [0, 0.05) is 24.7 Å². The van der Waals surface area contributed by atoms with Crippen LogP contribution in [0.4, 0.5) is 0 Å². The van der Waals surface area contributed by atoms with Crippen LogP contribution in [0.3, 0.4) is 0 Å². The zero-order valence-electron chi connectivity index (χ0n) is 22.8. The molecule has 2 rings (SSSR count). The van der Waals surface area contributed by atoms with Crippen LogP contribution >= 0.6 is 0 Å². The second-order valence-corrected chi connectivity index (χ2v) is 10.2. The molecule has 2 aromatic rings. The third-order valence-corrected chi connectivity index (χ3v) is 6.46. The molecule has 5 unspecified atom stereocenters. The molecule has 0 aliphatic heterocycles. The summed E-state index contributed by atoms with van der Waals surface area (Å²) in [6, 6.07) is 1.93. The molecule has 39 heavy (non-hydrogen) atoms. The Morgan fingerprint density at radius 1 is 0.949 bits per heavy atom. The lowest BCUT2D eigenvalue weighted by molar-refractivity contribution is -0.143. The van der Waals surface area contributed by atoms with Gasteiger partial charge in [-0.25, -0.2) is 9.78 Å². The van der Waals surface area contributed by atoms with Crippen LogP contribution in [-0.2, 0) is 32.0 Å². The predicted molar refractivity (Wildman–Crippen MR) is 144 cm³/mol. The van der Waals surface area contributed by atoms with E-state index in [-0.39, 0.29) is 30.4 Å². The molecule has 5 atom stereocenters. The zero-order chi connectivity index (χ0) is 29.1. The summed E-state index contributed by atoms with van der Waals surface area (Å²) in [5.74, 6) is -3.17. The van der Waals surface area contributed by atoms with Gasteiger partial charge in [-0.2, -0.15) is 0 Å². The Kier molecular flexibility index (Phi) is 11.9. The zero-order valence-corrected chi connectivity index (χ0v) is 22.8. The number of benzene rings is 1. The molecule has 0 fully saturated rings. The van der Waals surface area contributed by atoms with Crippen molar-refractivity contribution in [2.24, 2.45) is 17.6 Å². The number of rotatable bonds is 15. The molecule has 0 aliphatic carbocycles. The normalized spacial score (nSPS) is 15.0. The van der Waals surface area contributed by atoms with Gasteiger partial charge in [-0.1, -0.05) is 46.2 Å². The molecule has 0 spiro atoms. The number of hydrogen-bond donors (Lipinski definition) is 7. The number of aliphatic carboxylic acids is 1. The number of nitrogens with zero attached hydrogens (tertiary/aromatic N) is 1. The average molecular weight is 545 g/mol. The van der Waals surface area contributed by atoms with Crippen LogP contribution in [0.1, 0.15) is 51.8 Å². The Bertz CT molecular complexity index is 1090. The Balaban J connectivity index is 2.30. The van der Waals surface area contributed by atoms with Crippen molar-refractivity contribution in [3.05, 3.63) is 48.0 Å². The quantitative estimate of drug-likeness (QED) is 0.171. The standard InChI is InChI=1S/C27H40N6O6/c1-5-16(4)23(27(38)39)33-26(37)22(12-18-13-29-14-30-18)32-25(36)21(11-17-6-8-19(34)9-7-17)31-24(35)20(28)10-15(2)3/h6-9,13-16,20-23,34H,5,10-12,28H2,1-4H3,(H,29,30)(H,31,35)(H,32,36)(H,33,37)(H,38,39). The maximum atomic E-state index is 13.5. The molecule has 12 nitrogen and oxygen atoms in total. The monoisotopic (exact) mass is 544 g/mol. The first-order valence-corrected chi connectivity index (χ1v) is 13.1. The van der Waals surface area contributed by atoms with Gasteiger partial charge in [0.1, 0.15) is 23.9 Å². The lowest BCUT2D eigenvalue weighted by Gasteiger charge is -2.26. The van der Waals surface area contributed by atoms with E-state index in [9.17, 15) is 29.4 Å². The summed E-state index contributed by atoms with van der Waals surface area (Å²) in [6.07, 6.45) is 3.93. The topological polar surface area (TPSA) is 200 Å². The van der Waals surface area contributed by atoms with Crippen molar-refractivity contribution in [1.29, 1.82) is 0 Å². The van der Waals surface area contributed by atoms with E-state index in [1.165, 1.54) is 24.7 Å². The van der Waals surface area contributed by atoms with E-state index in [1.54, 1.807) is 19.1 Å². The van der Waals surface area contributed by atoms with Crippen LogP contribution in [0.25, 0.3) is 0 Å². The first-order chi connectivity index (χ1) is 18.4. The molecule has 0 saturated heterocycles. The van der Waals surface area contributed by atoms with Gasteiger partial charge >= 0.3 is 5.97 Å². The third-order valence-electron chi connectivity index (χ3n) is 6.46. The number of H-pyrrole nitrogens is 1. The summed E-state index contributed by atoms with van der Waals surface area (Å²) >= 11 is 0. The van der Waals surface area contributed by atoms with Gasteiger partial charge in [-0.05, 0) is 36.0 Å². The average Bonchev–Trinajstić information content (AvgIpc) is 3.39. The first-order valence-electron chi connectivity index (χ1n) is 13.1. The molecule has 0 radical (unpaired) electrons. The minimum absolute atomic E-state index is 0.0111. The van der Waals surface area contributed by atoms with Gasteiger partial charge in [-0.15, -0.1) is 0 Å². The lowest BCUT2D eigenvalue weighted by atomic mass is 9.98. The molecule has 3 amide bonds.